The molecule has 1 fully saturated rings. The molecule has 3 aromatic rings. The van der Waals surface area contributed by atoms with Crippen LogP contribution in [0.15, 0.2) is 28.3 Å². The van der Waals surface area contributed by atoms with Gasteiger partial charge < -0.3 is 4.57 Å². The van der Waals surface area contributed by atoms with E-state index in [2.05, 4.69) is 47.2 Å². The Morgan fingerprint density at radius 2 is 2.17 bits per heavy atom. The van der Waals surface area contributed by atoms with Gasteiger partial charge >= 0.3 is 0 Å². The standard InChI is InChI=1S/C16H20N6S2/c1-5-8-21-12(10-6-7-10)18-19-14(21)24-15-20-22-9-11(16(2,3)4)17-13(22)23-15/h5,9-10H,1,6-8H2,2-4H3. The van der Waals surface area contributed by atoms with Gasteiger partial charge in [-0.15, -0.1) is 21.9 Å². The maximum absolute atomic E-state index is 4.70. The summed E-state index contributed by atoms with van der Waals surface area (Å²) in [5.41, 5.74) is 1.09. The summed E-state index contributed by atoms with van der Waals surface area (Å²) in [5, 5.41) is 14.3. The molecule has 0 bridgehead atoms. The third kappa shape index (κ3) is 2.88. The molecule has 0 aromatic carbocycles. The minimum atomic E-state index is 0.0318. The molecule has 1 aliphatic rings. The highest BCUT2D eigenvalue weighted by Crippen LogP contribution is 2.41. The zero-order chi connectivity index (χ0) is 16.9. The summed E-state index contributed by atoms with van der Waals surface area (Å²) in [4.78, 5) is 5.61. The normalized spacial score (nSPS) is 15.3. The first-order valence-electron chi connectivity index (χ1n) is 8.04. The van der Waals surface area contributed by atoms with E-state index in [-0.39, 0.29) is 5.41 Å². The fourth-order valence-electron chi connectivity index (χ4n) is 2.48. The Bertz CT molecular complexity index is 862. The first-order valence-corrected chi connectivity index (χ1v) is 9.67. The van der Waals surface area contributed by atoms with Crippen molar-refractivity contribution in [1.82, 2.24) is 29.4 Å². The van der Waals surface area contributed by atoms with Crippen molar-refractivity contribution >= 4 is 28.1 Å². The molecule has 0 saturated heterocycles. The topological polar surface area (TPSA) is 60.9 Å². The van der Waals surface area contributed by atoms with Gasteiger partial charge in [-0.3, -0.25) is 0 Å². The van der Waals surface area contributed by atoms with Crippen molar-refractivity contribution in [2.45, 2.75) is 61.0 Å². The van der Waals surface area contributed by atoms with Crippen LogP contribution in [-0.2, 0) is 12.0 Å². The number of nitrogens with zero attached hydrogens (tertiary/aromatic N) is 6. The number of hydrogen-bond acceptors (Lipinski definition) is 6. The third-order valence-corrected chi connectivity index (χ3v) is 5.93. The van der Waals surface area contributed by atoms with Gasteiger partial charge in [-0.1, -0.05) is 38.2 Å². The average molecular weight is 361 g/mol. The van der Waals surface area contributed by atoms with Crippen LogP contribution in [-0.4, -0.2) is 29.4 Å². The molecular formula is C16H20N6S2. The van der Waals surface area contributed by atoms with Crippen LogP contribution in [0.3, 0.4) is 0 Å². The summed E-state index contributed by atoms with van der Waals surface area (Å²) in [7, 11) is 0. The summed E-state index contributed by atoms with van der Waals surface area (Å²) in [6.07, 6.45) is 6.32. The molecule has 0 radical (unpaired) electrons. The molecule has 1 aliphatic carbocycles. The monoisotopic (exact) mass is 360 g/mol. The predicted molar refractivity (Wildman–Crippen MR) is 95.9 cm³/mol. The molecule has 0 amide bonds. The van der Waals surface area contributed by atoms with Gasteiger partial charge in [-0.2, -0.15) is 0 Å². The van der Waals surface area contributed by atoms with Crippen molar-refractivity contribution in [3.8, 4) is 0 Å². The highest BCUT2D eigenvalue weighted by molar-refractivity contribution is 8.01. The molecule has 4 rings (SSSR count). The summed E-state index contributed by atoms with van der Waals surface area (Å²) in [6.45, 7) is 11.1. The molecule has 0 atom stereocenters. The van der Waals surface area contributed by atoms with Crippen LogP contribution in [0.5, 0.6) is 0 Å². The van der Waals surface area contributed by atoms with Gasteiger partial charge in [0.1, 0.15) is 5.82 Å². The molecule has 1 saturated carbocycles. The third-order valence-electron chi connectivity index (χ3n) is 3.97. The summed E-state index contributed by atoms with van der Waals surface area (Å²) in [5.74, 6) is 1.64. The smallest absolute Gasteiger partial charge is 0.213 e. The first kappa shape index (κ1) is 15.8. The molecule has 0 unspecified atom stereocenters. The molecule has 126 valence electrons. The maximum Gasteiger partial charge on any atom is 0.213 e. The van der Waals surface area contributed by atoms with Gasteiger partial charge in [-0.05, 0) is 24.6 Å². The first-order chi connectivity index (χ1) is 11.5. The molecular weight excluding hydrogens is 340 g/mol. The molecule has 24 heavy (non-hydrogen) atoms. The van der Waals surface area contributed by atoms with E-state index in [1.54, 1.807) is 23.1 Å². The Morgan fingerprint density at radius 1 is 1.38 bits per heavy atom. The van der Waals surface area contributed by atoms with Crippen molar-refractivity contribution in [3.05, 3.63) is 30.4 Å². The largest absolute Gasteiger partial charge is 0.302 e. The Kier molecular flexibility index (Phi) is 3.76. The Hall–Kier alpha value is -1.67. The maximum atomic E-state index is 4.70. The predicted octanol–water partition coefficient (Wildman–Crippen LogP) is 3.89. The van der Waals surface area contributed by atoms with Crippen molar-refractivity contribution in [1.29, 1.82) is 0 Å². The molecule has 3 aromatic heterocycles. The SMILES string of the molecule is C=CCn1c(Sc2nn3cc(C(C)(C)C)nc3s2)nnc1C1CC1. The van der Waals surface area contributed by atoms with Gasteiger partial charge in [0.2, 0.25) is 4.96 Å². The van der Waals surface area contributed by atoms with E-state index in [1.165, 1.54) is 12.8 Å². The lowest BCUT2D eigenvalue weighted by Gasteiger charge is -2.13. The minimum absolute atomic E-state index is 0.0318. The quantitative estimate of drug-likeness (QED) is 0.646. The molecule has 3 heterocycles. The van der Waals surface area contributed by atoms with Gasteiger partial charge in [0, 0.05) is 17.9 Å². The summed E-state index contributed by atoms with van der Waals surface area (Å²) in [6, 6.07) is 0. The highest BCUT2D eigenvalue weighted by atomic mass is 32.2. The number of fused-ring (bicyclic) bond motifs is 1. The highest BCUT2D eigenvalue weighted by Gasteiger charge is 2.30. The van der Waals surface area contributed by atoms with Crippen LogP contribution in [0.4, 0.5) is 0 Å². The average Bonchev–Trinajstić information content (AvgIpc) is 2.97. The Morgan fingerprint density at radius 3 is 2.79 bits per heavy atom. The van der Waals surface area contributed by atoms with E-state index in [0.717, 1.165) is 32.5 Å². The molecule has 0 N–H and O–H groups in total. The fourth-order valence-corrected chi connectivity index (χ4v) is 4.36. The minimum Gasteiger partial charge on any atom is -0.302 e. The summed E-state index contributed by atoms with van der Waals surface area (Å²) < 4.78 is 4.95. The van der Waals surface area contributed by atoms with Gasteiger partial charge in [0.05, 0.1) is 11.9 Å². The van der Waals surface area contributed by atoms with Crippen LogP contribution in [0.2, 0.25) is 0 Å². The van der Waals surface area contributed by atoms with Crippen molar-refractivity contribution in [3.63, 3.8) is 0 Å². The fraction of sp³-hybridized carbons (Fsp3) is 0.500. The Balaban J connectivity index is 1.62. The van der Waals surface area contributed by atoms with Crippen LogP contribution in [0, 0.1) is 0 Å². The number of rotatable bonds is 5. The number of aromatic nitrogens is 6. The van der Waals surface area contributed by atoms with Crippen LogP contribution in [0.1, 0.15) is 51.0 Å². The lowest BCUT2D eigenvalue weighted by molar-refractivity contribution is 0.572. The number of hydrogen-bond donors (Lipinski definition) is 0. The van der Waals surface area contributed by atoms with E-state index < -0.39 is 0 Å². The lowest BCUT2D eigenvalue weighted by atomic mass is 9.93. The van der Waals surface area contributed by atoms with Crippen molar-refractivity contribution in [2.75, 3.05) is 0 Å². The van der Waals surface area contributed by atoms with E-state index in [9.17, 15) is 0 Å². The lowest BCUT2D eigenvalue weighted by Crippen LogP contribution is -2.11. The summed E-state index contributed by atoms with van der Waals surface area (Å²) >= 11 is 3.14. The van der Waals surface area contributed by atoms with Crippen LogP contribution in [0.25, 0.3) is 4.96 Å². The second-order valence-electron chi connectivity index (χ2n) is 7.09. The van der Waals surface area contributed by atoms with E-state index in [1.807, 2.05) is 16.8 Å². The van der Waals surface area contributed by atoms with E-state index >= 15 is 0 Å². The molecule has 0 aliphatic heterocycles. The second kappa shape index (κ2) is 5.70. The Labute approximate surface area is 149 Å². The second-order valence-corrected chi connectivity index (χ2v) is 9.26. The molecule has 0 spiro atoms. The van der Waals surface area contributed by atoms with Crippen molar-refractivity contribution in [2.24, 2.45) is 0 Å². The van der Waals surface area contributed by atoms with E-state index in [0.29, 0.717) is 5.92 Å². The zero-order valence-corrected chi connectivity index (χ0v) is 15.7. The van der Waals surface area contributed by atoms with E-state index in [4.69, 9.17) is 4.98 Å². The molecule has 6 nitrogen and oxygen atoms in total. The van der Waals surface area contributed by atoms with Gasteiger partial charge in [-0.25, -0.2) is 9.50 Å². The zero-order valence-electron chi connectivity index (χ0n) is 14.1. The van der Waals surface area contributed by atoms with Gasteiger partial charge in [0.15, 0.2) is 9.50 Å². The van der Waals surface area contributed by atoms with Crippen LogP contribution >= 0.6 is 23.1 Å². The number of imidazole rings is 1. The van der Waals surface area contributed by atoms with Gasteiger partial charge in [0.25, 0.3) is 0 Å². The van der Waals surface area contributed by atoms with Crippen LogP contribution < -0.4 is 0 Å². The van der Waals surface area contributed by atoms with Crippen molar-refractivity contribution < 1.29 is 0 Å². The number of allylic oxidation sites excluding steroid dienone is 1. The molecule has 8 heteroatoms.